The average Bonchev–Trinajstić information content (AvgIpc) is 3.56. The number of ether oxygens (including phenoxy) is 2. The number of pyridine rings is 1. The molecule has 1 aliphatic carbocycles. The Morgan fingerprint density at radius 1 is 1.19 bits per heavy atom. The van der Waals surface area contributed by atoms with Gasteiger partial charge in [0.15, 0.2) is 0 Å². The molecule has 9 heteroatoms. The second kappa shape index (κ2) is 11.0. The van der Waals surface area contributed by atoms with Gasteiger partial charge in [-0.2, -0.15) is 0 Å². The minimum Gasteiger partial charge on any atom is -0.444 e. The fraction of sp³-hybridized carbons (Fsp3) is 0.536. The number of hydrogen-bond donors (Lipinski definition) is 1. The fourth-order valence-corrected chi connectivity index (χ4v) is 4.76. The van der Waals surface area contributed by atoms with Crippen molar-refractivity contribution in [2.75, 3.05) is 19.0 Å². The Balaban J connectivity index is 1.57. The van der Waals surface area contributed by atoms with Gasteiger partial charge in [-0.1, -0.05) is 25.0 Å². The molecular weight excluding hydrogens is 477 g/mol. The minimum absolute atomic E-state index is 0.00732. The number of likely N-dealkylation sites (tertiary alicyclic amines) is 1. The standard InChI is InChI=1S/C28H36FN3O5/c1-28(2,3)37-27(35)32-17-20(36-4)16-24(32)26(34)30-22-15-19(11-12-21(22)29)23(13-10-18-8-9-18)31-14-6-5-7-25(31)33/h5-7,11-12,14-15,18,20,23-24H,8-10,13,16-17H2,1-4H3,(H,30,34). The van der Waals surface area contributed by atoms with Crippen LogP contribution in [0.3, 0.4) is 0 Å². The molecule has 1 aromatic heterocycles. The van der Waals surface area contributed by atoms with Crippen molar-refractivity contribution in [1.29, 1.82) is 0 Å². The van der Waals surface area contributed by atoms with Crippen LogP contribution in [0.25, 0.3) is 0 Å². The second-order valence-corrected chi connectivity index (χ2v) is 11.0. The lowest BCUT2D eigenvalue weighted by molar-refractivity contribution is -0.120. The van der Waals surface area contributed by atoms with Crippen molar-refractivity contribution in [3.63, 3.8) is 0 Å². The maximum Gasteiger partial charge on any atom is 0.411 e. The highest BCUT2D eigenvalue weighted by Crippen LogP contribution is 2.37. The van der Waals surface area contributed by atoms with Crippen molar-refractivity contribution in [3.05, 3.63) is 64.3 Å². The average molecular weight is 514 g/mol. The van der Waals surface area contributed by atoms with Gasteiger partial charge in [0.2, 0.25) is 5.91 Å². The first kappa shape index (κ1) is 26.9. The smallest absolute Gasteiger partial charge is 0.411 e. The van der Waals surface area contributed by atoms with E-state index < -0.39 is 29.5 Å². The van der Waals surface area contributed by atoms with Gasteiger partial charge >= 0.3 is 6.09 Å². The summed E-state index contributed by atoms with van der Waals surface area (Å²) in [5.74, 6) is -0.451. The summed E-state index contributed by atoms with van der Waals surface area (Å²) in [6.07, 6.45) is 5.14. The van der Waals surface area contributed by atoms with Gasteiger partial charge < -0.3 is 19.4 Å². The lowest BCUT2D eigenvalue weighted by Gasteiger charge is -2.28. The van der Waals surface area contributed by atoms with Crippen LogP contribution in [0.15, 0.2) is 47.4 Å². The van der Waals surface area contributed by atoms with Crippen LogP contribution in [0, 0.1) is 11.7 Å². The van der Waals surface area contributed by atoms with Crippen LogP contribution in [0.2, 0.25) is 0 Å². The van der Waals surface area contributed by atoms with Crippen molar-refractivity contribution in [3.8, 4) is 0 Å². The van der Waals surface area contributed by atoms with Gasteiger partial charge in [-0.25, -0.2) is 9.18 Å². The van der Waals surface area contributed by atoms with E-state index in [4.69, 9.17) is 9.47 Å². The summed E-state index contributed by atoms with van der Waals surface area (Å²) in [6, 6.07) is 8.40. The molecule has 200 valence electrons. The molecule has 2 amide bonds. The molecule has 2 aliphatic rings. The summed E-state index contributed by atoms with van der Waals surface area (Å²) < 4.78 is 27.4. The quantitative estimate of drug-likeness (QED) is 0.551. The van der Waals surface area contributed by atoms with Crippen LogP contribution in [-0.2, 0) is 14.3 Å². The van der Waals surface area contributed by atoms with Crippen molar-refractivity contribution >= 4 is 17.7 Å². The Labute approximate surface area is 216 Å². The number of amides is 2. The van der Waals surface area contributed by atoms with Crippen LogP contribution in [0.1, 0.15) is 64.5 Å². The SMILES string of the molecule is COC1CC(C(=O)Nc2cc(C(CCC3CC3)n3ccccc3=O)ccc2F)N(C(=O)OC(C)(C)C)C1. The largest absolute Gasteiger partial charge is 0.444 e. The molecule has 8 nitrogen and oxygen atoms in total. The van der Waals surface area contributed by atoms with E-state index in [0.29, 0.717) is 5.92 Å². The van der Waals surface area contributed by atoms with Crippen molar-refractivity contribution in [1.82, 2.24) is 9.47 Å². The molecule has 4 rings (SSSR count). The van der Waals surface area contributed by atoms with Crippen LogP contribution in [0.4, 0.5) is 14.9 Å². The molecule has 2 aromatic rings. The number of methoxy groups -OCH3 is 1. The summed E-state index contributed by atoms with van der Waals surface area (Å²) >= 11 is 0. The second-order valence-electron chi connectivity index (χ2n) is 11.0. The van der Waals surface area contributed by atoms with E-state index in [0.717, 1.165) is 18.4 Å². The molecule has 2 fully saturated rings. The van der Waals surface area contributed by atoms with Gasteiger partial charge in [-0.15, -0.1) is 0 Å². The van der Waals surface area contributed by atoms with Crippen LogP contribution >= 0.6 is 0 Å². The highest BCUT2D eigenvalue weighted by atomic mass is 19.1. The number of carbonyl (C=O) groups is 2. The molecule has 1 saturated heterocycles. The van der Waals surface area contributed by atoms with E-state index in [1.807, 2.05) is 0 Å². The van der Waals surface area contributed by atoms with Gasteiger partial charge in [0.25, 0.3) is 5.56 Å². The Morgan fingerprint density at radius 3 is 2.59 bits per heavy atom. The van der Waals surface area contributed by atoms with Gasteiger partial charge in [0, 0.05) is 25.8 Å². The number of halogens is 1. The molecule has 1 saturated carbocycles. The minimum atomic E-state index is -0.870. The van der Waals surface area contributed by atoms with E-state index in [1.54, 1.807) is 55.8 Å². The monoisotopic (exact) mass is 513 g/mol. The van der Waals surface area contributed by atoms with Gasteiger partial charge in [0.05, 0.1) is 24.4 Å². The summed E-state index contributed by atoms with van der Waals surface area (Å²) in [6.45, 7) is 5.46. The van der Waals surface area contributed by atoms with Crippen molar-refractivity contribution < 1.29 is 23.5 Å². The molecule has 1 N–H and O–H groups in total. The topological polar surface area (TPSA) is 89.9 Å². The maximum absolute atomic E-state index is 14.9. The Hall–Kier alpha value is -3.20. The molecule has 0 spiro atoms. The Bertz CT molecular complexity index is 1190. The fourth-order valence-electron chi connectivity index (χ4n) is 4.76. The lowest BCUT2D eigenvalue weighted by Crippen LogP contribution is -2.45. The normalized spacial score (nSPS) is 20.5. The lowest BCUT2D eigenvalue weighted by atomic mass is 9.99. The molecule has 1 aliphatic heterocycles. The van der Waals surface area contributed by atoms with E-state index in [2.05, 4.69) is 5.32 Å². The first-order valence-corrected chi connectivity index (χ1v) is 12.9. The van der Waals surface area contributed by atoms with Gasteiger partial charge in [-0.05, 0) is 63.3 Å². The van der Waals surface area contributed by atoms with Gasteiger partial charge in [0.1, 0.15) is 17.5 Å². The highest BCUT2D eigenvalue weighted by molar-refractivity contribution is 5.97. The molecule has 1 aromatic carbocycles. The molecule has 3 unspecified atom stereocenters. The zero-order chi connectivity index (χ0) is 26.7. The zero-order valence-corrected chi connectivity index (χ0v) is 21.9. The summed E-state index contributed by atoms with van der Waals surface area (Å²) in [5.41, 5.74) is -0.124. The number of anilines is 1. The predicted molar refractivity (Wildman–Crippen MR) is 138 cm³/mol. The van der Waals surface area contributed by atoms with Crippen LogP contribution < -0.4 is 10.9 Å². The maximum atomic E-state index is 14.9. The van der Waals surface area contributed by atoms with Crippen molar-refractivity contribution in [2.24, 2.45) is 5.92 Å². The van der Waals surface area contributed by atoms with E-state index >= 15 is 0 Å². The summed E-state index contributed by atoms with van der Waals surface area (Å²) in [4.78, 5) is 40.0. The molecule has 3 atom stereocenters. The molecule has 37 heavy (non-hydrogen) atoms. The number of benzene rings is 1. The van der Waals surface area contributed by atoms with Gasteiger partial charge in [-0.3, -0.25) is 14.5 Å². The Kier molecular flexibility index (Phi) is 8.02. The van der Waals surface area contributed by atoms with E-state index in [-0.39, 0.29) is 36.4 Å². The number of carbonyl (C=O) groups excluding carboxylic acids is 2. The first-order chi connectivity index (χ1) is 17.6. The number of rotatable bonds is 8. The Morgan fingerprint density at radius 2 is 1.95 bits per heavy atom. The molecule has 0 radical (unpaired) electrons. The van der Waals surface area contributed by atoms with E-state index in [1.165, 1.54) is 37.0 Å². The predicted octanol–water partition coefficient (Wildman–Crippen LogP) is 4.73. The number of aromatic nitrogens is 1. The van der Waals surface area contributed by atoms with Crippen LogP contribution in [-0.4, -0.2) is 52.9 Å². The molecule has 2 heterocycles. The summed E-state index contributed by atoms with van der Waals surface area (Å²) in [5, 5.41) is 2.68. The third kappa shape index (κ3) is 6.77. The van der Waals surface area contributed by atoms with Crippen LogP contribution in [0.5, 0.6) is 0 Å². The zero-order valence-electron chi connectivity index (χ0n) is 21.9. The number of nitrogens with zero attached hydrogens (tertiary/aromatic N) is 2. The third-order valence-corrected chi connectivity index (χ3v) is 6.89. The molecular formula is C28H36FN3O5. The first-order valence-electron chi connectivity index (χ1n) is 12.9. The number of hydrogen-bond acceptors (Lipinski definition) is 5. The highest BCUT2D eigenvalue weighted by Gasteiger charge is 2.42. The third-order valence-electron chi connectivity index (χ3n) is 6.89. The number of nitrogens with one attached hydrogen (secondary N) is 1. The molecule has 0 bridgehead atoms. The van der Waals surface area contributed by atoms with Crippen molar-refractivity contribution in [2.45, 2.75) is 76.7 Å². The summed E-state index contributed by atoms with van der Waals surface area (Å²) in [7, 11) is 1.52. The van der Waals surface area contributed by atoms with E-state index in [9.17, 15) is 18.8 Å².